The van der Waals surface area contributed by atoms with E-state index in [9.17, 15) is 9.90 Å². The topological polar surface area (TPSA) is 40.5 Å². The molecule has 1 aliphatic rings. The molecule has 3 nitrogen and oxygen atoms in total. The molecule has 0 radical (unpaired) electrons. The Hall–Kier alpha value is -0.570. The van der Waals surface area contributed by atoms with E-state index in [1.165, 1.54) is 19.3 Å². The fourth-order valence-corrected chi connectivity index (χ4v) is 2.49. The number of hydrogen-bond donors (Lipinski definition) is 1. The standard InChI is InChI=1S/C12H23NO2/c1-13(2)9-8-11(12(14)15)10-6-4-3-5-7-10/h10-11H,3-9H2,1-2H3,(H,14,15). The first-order valence-electron chi connectivity index (χ1n) is 5.99. The summed E-state index contributed by atoms with van der Waals surface area (Å²) in [6.07, 6.45) is 6.76. The van der Waals surface area contributed by atoms with E-state index >= 15 is 0 Å². The Morgan fingerprint density at radius 2 is 1.93 bits per heavy atom. The third-order valence-corrected chi connectivity index (χ3v) is 3.42. The lowest BCUT2D eigenvalue weighted by Gasteiger charge is -2.28. The van der Waals surface area contributed by atoms with Crippen molar-refractivity contribution in [2.45, 2.75) is 38.5 Å². The highest BCUT2D eigenvalue weighted by molar-refractivity contribution is 5.70. The minimum Gasteiger partial charge on any atom is -0.481 e. The van der Waals surface area contributed by atoms with E-state index in [4.69, 9.17) is 0 Å². The van der Waals surface area contributed by atoms with Gasteiger partial charge in [-0.3, -0.25) is 4.79 Å². The molecule has 1 N–H and O–H groups in total. The van der Waals surface area contributed by atoms with Crippen molar-refractivity contribution in [2.24, 2.45) is 11.8 Å². The largest absolute Gasteiger partial charge is 0.481 e. The van der Waals surface area contributed by atoms with E-state index in [0.29, 0.717) is 5.92 Å². The Labute approximate surface area is 92.5 Å². The molecule has 0 bridgehead atoms. The normalized spacial score (nSPS) is 20.5. The molecule has 0 spiro atoms. The molecule has 1 atom stereocenters. The predicted molar refractivity (Wildman–Crippen MR) is 60.9 cm³/mol. The fourth-order valence-electron chi connectivity index (χ4n) is 2.49. The Morgan fingerprint density at radius 3 is 2.40 bits per heavy atom. The molecule has 1 rings (SSSR count). The van der Waals surface area contributed by atoms with Crippen LogP contribution in [-0.4, -0.2) is 36.6 Å². The van der Waals surface area contributed by atoms with Gasteiger partial charge in [0.2, 0.25) is 0 Å². The van der Waals surface area contributed by atoms with E-state index in [1.807, 2.05) is 14.1 Å². The maximum atomic E-state index is 11.2. The molecule has 1 fully saturated rings. The zero-order chi connectivity index (χ0) is 11.3. The number of hydrogen-bond acceptors (Lipinski definition) is 2. The first-order chi connectivity index (χ1) is 7.11. The number of carbonyl (C=O) groups is 1. The Morgan fingerprint density at radius 1 is 1.33 bits per heavy atom. The van der Waals surface area contributed by atoms with Crippen LogP contribution in [0.3, 0.4) is 0 Å². The lowest BCUT2D eigenvalue weighted by atomic mass is 9.78. The second kappa shape index (κ2) is 6.11. The van der Waals surface area contributed by atoms with Crippen LogP contribution in [-0.2, 0) is 4.79 Å². The molecule has 1 saturated carbocycles. The van der Waals surface area contributed by atoms with Gasteiger partial charge >= 0.3 is 5.97 Å². The SMILES string of the molecule is CN(C)CCC(C(=O)O)C1CCCCC1. The zero-order valence-corrected chi connectivity index (χ0v) is 9.91. The van der Waals surface area contributed by atoms with Gasteiger partial charge in [-0.2, -0.15) is 0 Å². The van der Waals surface area contributed by atoms with Crippen LogP contribution in [0.5, 0.6) is 0 Å². The lowest BCUT2D eigenvalue weighted by molar-refractivity contribution is -0.144. The molecule has 1 unspecified atom stereocenters. The quantitative estimate of drug-likeness (QED) is 0.761. The summed E-state index contributed by atoms with van der Waals surface area (Å²) in [7, 11) is 4.00. The first-order valence-corrected chi connectivity index (χ1v) is 5.99. The highest BCUT2D eigenvalue weighted by Gasteiger charge is 2.28. The molecule has 0 heterocycles. The van der Waals surface area contributed by atoms with Crippen LogP contribution in [0.25, 0.3) is 0 Å². The summed E-state index contributed by atoms with van der Waals surface area (Å²) in [5, 5.41) is 9.22. The second-order valence-electron chi connectivity index (χ2n) is 4.93. The molecule has 88 valence electrons. The van der Waals surface area contributed by atoms with E-state index in [0.717, 1.165) is 25.8 Å². The number of carboxylic acid groups (broad SMARTS) is 1. The van der Waals surface area contributed by atoms with Crippen molar-refractivity contribution in [3.05, 3.63) is 0 Å². The van der Waals surface area contributed by atoms with Gasteiger partial charge in [0.1, 0.15) is 0 Å². The highest BCUT2D eigenvalue weighted by atomic mass is 16.4. The van der Waals surface area contributed by atoms with Crippen LogP contribution in [0, 0.1) is 11.8 Å². The summed E-state index contributed by atoms with van der Waals surface area (Å²) in [5.74, 6) is -0.285. The van der Waals surface area contributed by atoms with Gasteiger partial charge in [-0.25, -0.2) is 0 Å². The molecule has 15 heavy (non-hydrogen) atoms. The zero-order valence-electron chi connectivity index (χ0n) is 9.91. The number of aliphatic carboxylic acids is 1. The molecular weight excluding hydrogens is 190 g/mol. The second-order valence-corrected chi connectivity index (χ2v) is 4.93. The van der Waals surface area contributed by atoms with Gasteiger partial charge in [0.05, 0.1) is 5.92 Å². The monoisotopic (exact) mass is 213 g/mol. The van der Waals surface area contributed by atoms with Crippen molar-refractivity contribution in [1.82, 2.24) is 4.90 Å². The fraction of sp³-hybridized carbons (Fsp3) is 0.917. The maximum absolute atomic E-state index is 11.2. The predicted octanol–water partition coefficient (Wildman–Crippen LogP) is 2.22. The average molecular weight is 213 g/mol. The molecule has 3 heteroatoms. The minimum atomic E-state index is -0.594. The van der Waals surface area contributed by atoms with Crippen molar-refractivity contribution >= 4 is 5.97 Å². The molecule has 0 aliphatic heterocycles. The summed E-state index contributed by atoms with van der Waals surface area (Å²) < 4.78 is 0. The van der Waals surface area contributed by atoms with Gasteiger partial charge in [-0.15, -0.1) is 0 Å². The summed E-state index contributed by atoms with van der Waals surface area (Å²) in [6.45, 7) is 0.882. The van der Waals surface area contributed by atoms with Crippen molar-refractivity contribution in [3.8, 4) is 0 Å². The van der Waals surface area contributed by atoms with Gasteiger partial charge in [0.15, 0.2) is 0 Å². The van der Waals surface area contributed by atoms with Crippen molar-refractivity contribution in [3.63, 3.8) is 0 Å². The number of rotatable bonds is 5. The molecular formula is C12H23NO2. The molecule has 0 aromatic heterocycles. The van der Waals surface area contributed by atoms with Crippen molar-refractivity contribution in [1.29, 1.82) is 0 Å². The van der Waals surface area contributed by atoms with Crippen molar-refractivity contribution in [2.75, 3.05) is 20.6 Å². The summed E-state index contributed by atoms with van der Waals surface area (Å²) in [6, 6.07) is 0. The van der Waals surface area contributed by atoms with Gasteiger partial charge < -0.3 is 10.0 Å². The summed E-state index contributed by atoms with van der Waals surface area (Å²) in [5.41, 5.74) is 0. The Bertz CT molecular complexity index is 198. The van der Waals surface area contributed by atoms with Crippen LogP contribution in [0.2, 0.25) is 0 Å². The molecule has 1 aliphatic carbocycles. The average Bonchev–Trinajstić information content (AvgIpc) is 2.18. The van der Waals surface area contributed by atoms with Crippen LogP contribution in [0.15, 0.2) is 0 Å². The van der Waals surface area contributed by atoms with Crippen LogP contribution in [0.1, 0.15) is 38.5 Å². The smallest absolute Gasteiger partial charge is 0.306 e. The van der Waals surface area contributed by atoms with Gasteiger partial charge in [-0.1, -0.05) is 19.3 Å². The van der Waals surface area contributed by atoms with E-state index in [-0.39, 0.29) is 5.92 Å². The van der Waals surface area contributed by atoms with Gasteiger partial charge in [0, 0.05) is 0 Å². The molecule has 0 amide bonds. The lowest BCUT2D eigenvalue weighted by Crippen LogP contribution is -2.29. The molecule has 0 aromatic rings. The highest BCUT2D eigenvalue weighted by Crippen LogP contribution is 2.31. The van der Waals surface area contributed by atoms with Crippen molar-refractivity contribution < 1.29 is 9.90 Å². The maximum Gasteiger partial charge on any atom is 0.306 e. The summed E-state index contributed by atoms with van der Waals surface area (Å²) in [4.78, 5) is 13.3. The molecule has 0 saturated heterocycles. The van der Waals surface area contributed by atoms with Gasteiger partial charge in [0.25, 0.3) is 0 Å². The number of carboxylic acids is 1. The molecule has 0 aromatic carbocycles. The third-order valence-electron chi connectivity index (χ3n) is 3.42. The Kier molecular flexibility index (Phi) is 5.09. The van der Waals surface area contributed by atoms with E-state index < -0.39 is 5.97 Å². The summed E-state index contributed by atoms with van der Waals surface area (Å²) >= 11 is 0. The first kappa shape index (κ1) is 12.5. The number of nitrogens with zero attached hydrogens (tertiary/aromatic N) is 1. The van der Waals surface area contributed by atoms with Crippen LogP contribution >= 0.6 is 0 Å². The van der Waals surface area contributed by atoms with Crippen LogP contribution < -0.4 is 0 Å². The minimum absolute atomic E-state index is 0.118. The Balaban J connectivity index is 2.44. The van der Waals surface area contributed by atoms with E-state index in [1.54, 1.807) is 0 Å². The third kappa shape index (κ3) is 4.20. The van der Waals surface area contributed by atoms with E-state index in [2.05, 4.69) is 4.90 Å². The van der Waals surface area contributed by atoms with Gasteiger partial charge in [-0.05, 0) is 45.8 Å². The van der Waals surface area contributed by atoms with Crippen LogP contribution in [0.4, 0.5) is 0 Å².